The number of benzene rings is 1. The summed E-state index contributed by atoms with van der Waals surface area (Å²) in [4.78, 5) is 18.9. The highest BCUT2D eigenvalue weighted by Crippen LogP contribution is 2.38. The monoisotopic (exact) mass is 378 g/mol. The Morgan fingerprint density at radius 3 is 2.35 bits per heavy atom. The van der Waals surface area contributed by atoms with E-state index in [0.717, 1.165) is 28.7 Å². The second kappa shape index (κ2) is 9.43. The number of carboxylic acid groups (broad SMARTS) is 1. The summed E-state index contributed by atoms with van der Waals surface area (Å²) < 4.78 is 11.3. The van der Waals surface area contributed by atoms with Crippen molar-refractivity contribution < 1.29 is 19.4 Å². The molecule has 0 amide bonds. The van der Waals surface area contributed by atoms with Crippen molar-refractivity contribution in [3.05, 3.63) is 23.1 Å². The van der Waals surface area contributed by atoms with Crippen molar-refractivity contribution in [1.82, 2.24) is 4.98 Å². The number of rotatable bonds is 10. The molecule has 0 saturated heterocycles. The third kappa shape index (κ3) is 4.66. The molecule has 0 saturated carbocycles. The molecule has 0 spiro atoms. The third-order valence-corrected chi connectivity index (χ3v) is 4.96. The molecule has 6 nitrogen and oxygen atoms in total. The van der Waals surface area contributed by atoms with Gasteiger partial charge in [-0.3, -0.25) is 4.79 Å². The zero-order valence-corrected chi connectivity index (χ0v) is 16.6. The Kier molecular flexibility index (Phi) is 7.26. The number of thiazole rings is 1. The topological polar surface area (TPSA) is 71.9 Å². The maximum absolute atomic E-state index is 11.3. The zero-order valence-electron chi connectivity index (χ0n) is 15.7. The molecule has 0 unspecified atom stereocenters. The Morgan fingerprint density at radius 1 is 1.12 bits per heavy atom. The smallest absolute Gasteiger partial charge is 0.308 e. The summed E-state index contributed by atoms with van der Waals surface area (Å²) in [6.45, 7) is 10.7. The first kappa shape index (κ1) is 20.0. The largest absolute Gasteiger partial charge is 0.490 e. The van der Waals surface area contributed by atoms with E-state index in [1.165, 1.54) is 11.3 Å². The Hall–Kier alpha value is -2.28. The summed E-state index contributed by atoms with van der Waals surface area (Å²) in [7, 11) is 0. The Bertz CT molecular complexity index is 741. The number of nitrogens with zero attached hydrogens (tertiary/aromatic N) is 2. The SMILES string of the molecule is CCOc1ccc(-c2nc(N(CC)CC)sc2CC(=O)O)cc1OCC. The van der Waals surface area contributed by atoms with Crippen LogP contribution in [0.25, 0.3) is 11.3 Å². The average Bonchev–Trinajstić information content (AvgIpc) is 3.01. The molecular weight excluding hydrogens is 352 g/mol. The van der Waals surface area contributed by atoms with E-state index in [9.17, 15) is 9.90 Å². The van der Waals surface area contributed by atoms with E-state index in [1.54, 1.807) is 0 Å². The molecule has 26 heavy (non-hydrogen) atoms. The highest BCUT2D eigenvalue weighted by atomic mass is 32.1. The lowest BCUT2D eigenvalue weighted by molar-refractivity contribution is -0.136. The molecule has 7 heteroatoms. The molecule has 0 atom stereocenters. The molecule has 2 aromatic rings. The van der Waals surface area contributed by atoms with Crippen LogP contribution >= 0.6 is 11.3 Å². The van der Waals surface area contributed by atoms with Gasteiger partial charge in [0.2, 0.25) is 0 Å². The van der Waals surface area contributed by atoms with Crippen molar-refractivity contribution in [2.45, 2.75) is 34.1 Å². The minimum Gasteiger partial charge on any atom is -0.490 e. The van der Waals surface area contributed by atoms with Gasteiger partial charge in [0.1, 0.15) is 0 Å². The highest BCUT2D eigenvalue weighted by molar-refractivity contribution is 7.16. The number of carboxylic acids is 1. The van der Waals surface area contributed by atoms with Gasteiger partial charge in [-0.15, -0.1) is 11.3 Å². The van der Waals surface area contributed by atoms with Gasteiger partial charge in [-0.1, -0.05) is 0 Å². The summed E-state index contributed by atoms with van der Waals surface area (Å²) in [5.41, 5.74) is 1.53. The minimum absolute atomic E-state index is 0.0502. The first-order valence-corrected chi connectivity index (χ1v) is 9.71. The van der Waals surface area contributed by atoms with E-state index in [1.807, 2.05) is 32.0 Å². The van der Waals surface area contributed by atoms with E-state index >= 15 is 0 Å². The zero-order chi connectivity index (χ0) is 19.1. The first-order chi connectivity index (χ1) is 12.5. The van der Waals surface area contributed by atoms with Gasteiger partial charge in [0, 0.05) is 23.5 Å². The summed E-state index contributed by atoms with van der Waals surface area (Å²) >= 11 is 1.44. The summed E-state index contributed by atoms with van der Waals surface area (Å²) in [6.07, 6.45) is -0.0502. The van der Waals surface area contributed by atoms with Gasteiger partial charge in [0.25, 0.3) is 0 Å². The standard InChI is InChI=1S/C19H26N2O4S/c1-5-21(6-2)19-20-18(16(26-19)12-17(22)23)13-9-10-14(24-7-3)15(11-13)25-8-4/h9-11H,5-8,12H2,1-4H3,(H,22,23). The number of aliphatic carboxylic acids is 1. The fourth-order valence-corrected chi connectivity index (χ4v) is 3.85. The molecule has 1 aromatic heterocycles. The van der Waals surface area contributed by atoms with Crippen LogP contribution in [-0.4, -0.2) is 42.4 Å². The maximum Gasteiger partial charge on any atom is 0.308 e. The quantitative estimate of drug-likeness (QED) is 0.672. The van der Waals surface area contributed by atoms with Crippen LogP contribution in [0.5, 0.6) is 11.5 Å². The second-order valence-corrected chi connectivity index (χ2v) is 6.60. The van der Waals surface area contributed by atoms with Gasteiger partial charge < -0.3 is 19.5 Å². The summed E-state index contributed by atoms with van der Waals surface area (Å²) in [5, 5.41) is 10.1. The van der Waals surface area contributed by atoms with Gasteiger partial charge in [-0.05, 0) is 45.9 Å². The molecule has 1 aromatic carbocycles. The van der Waals surface area contributed by atoms with Crippen LogP contribution in [0.1, 0.15) is 32.6 Å². The second-order valence-electron chi connectivity index (χ2n) is 5.54. The Balaban J connectivity index is 2.51. The fraction of sp³-hybridized carbons (Fsp3) is 0.474. The van der Waals surface area contributed by atoms with E-state index in [2.05, 4.69) is 18.7 Å². The highest BCUT2D eigenvalue weighted by Gasteiger charge is 2.19. The average molecular weight is 378 g/mol. The van der Waals surface area contributed by atoms with Crippen molar-refractivity contribution in [2.24, 2.45) is 0 Å². The van der Waals surface area contributed by atoms with E-state index < -0.39 is 5.97 Å². The molecule has 0 radical (unpaired) electrons. The van der Waals surface area contributed by atoms with Crippen LogP contribution < -0.4 is 14.4 Å². The fourth-order valence-electron chi connectivity index (χ4n) is 2.65. The van der Waals surface area contributed by atoms with Crippen molar-refractivity contribution in [3.63, 3.8) is 0 Å². The molecule has 0 aliphatic heterocycles. The molecule has 0 bridgehead atoms. The van der Waals surface area contributed by atoms with Gasteiger partial charge >= 0.3 is 5.97 Å². The lowest BCUT2D eigenvalue weighted by Gasteiger charge is -2.16. The Labute approximate surface area is 158 Å². The first-order valence-electron chi connectivity index (χ1n) is 8.90. The molecule has 2 rings (SSSR count). The van der Waals surface area contributed by atoms with E-state index in [-0.39, 0.29) is 6.42 Å². The van der Waals surface area contributed by atoms with Crippen LogP contribution in [-0.2, 0) is 11.2 Å². The van der Waals surface area contributed by atoms with Crippen molar-refractivity contribution in [2.75, 3.05) is 31.2 Å². The van der Waals surface area contributed by atoms with Gasteiger partial charge in [0.05, 0.1) is 25.3 Å². The number of ether oxygens (including phenoxy) is 2. The summed E-state index contributed by atoms with van der Waals surface area (Å²) in [5.74, 6) is 0.458. The van der Waals surface area contributed by atoms with Crippen molar-refractivity contribution in [3.8, 4) is 22.8 Å². The van der Waals surface area contributed by atoms with Crippen LogP contribution in [0.2, 0.25) is 0 Å². The van der Waals surface area contributed by atoms with E-state index in [4.69, 9.17) is 14.5 Å². The van der Waals surface area contributed by atoms with Crippen LogP contribution in [0.15, 0.2) is 18.2 Å². The normalized spacial score (nSPS) is 10.6. The number of anilines is 1. The minimum atomic E-state index is -0.864. The van der Waals surface area contributed by atoms with Gasteiger partial charge in [0.15, 0.2) is 16.6 Å². The molecular formula is C19H26N2O4S. The van der Waals surface area contributed by atoms with Crippen LogP contribution in [0, 0.1) is 0 Å². The summed E-state index contributed by atoms with van der Waals surface area (Å²) in [6, 6.07) is 5.63. The van der Waals surface area contributed by atoms with Gasteiger partial charge in [-0.2, -0.15) is 0 Å². The lowest BCUT2D eigenvalue weighted by atomic mass is 10.1. The molecule has 0 aliphatic rings. The maximum atomic E-state index is 11.3. The lowest BCUT2D eigenvalue weighted by Crippen LogP contribution is -2.21. The number of carbonyl (C=O) groups is 1. The predicted octanol–water partition coefficient (Wildman–Crippen LogP) is 4.08. The third-order valence-electron chi connectivity index (χ3n) is 3.85. The van der Waals surface area contributed by atoms with E-state index in [0.29, 0.717) is 30.4 Å². The molecule has 0 fully saturated rings. The number of hydrogen-bond donors (Lipinski definition) is 1. The predicted molar refractivity (Wildman–Crippen MR) is 105 cm³/mol. The van der Waals surface area contributed by atoms with Gasteiger partial charge in [-0.25, -0.2) is 4.98 Å². The number of hydrogen-bond acceptors (Lipinski definition) is 6. The molecule has 0 aliphatic carbocycles. The molecule has 142 valence electrons. The van der Waals surface area contributed by atoms with Crippen molar-refractivity contribution >= 4 is 22.4 Å². The van der Waals surface area contributed by atoms with Crippen LogP contribution in [0.4, 0.5) is 5.13 Å². The number of aromatic nitrogens is 1. The Morgan fingerprint density at radius 2 is 1.77 bits per heavy atom. The van der Waals surface area contributed by atoms with Crippen molar-refractivity contribution in [1.29, 1.82) is 0 Å². The van der Waals surface area contributed by atoms with Crippen LogP contribution in [0.3, 0.4) is 0 Å². The molecule has 1 N–H and O–H groups in total. The molecule has 1 heterocycles.